The molecule has 0 radical (unpaired) electrons. The number of carbonyl (C=O) groups is 1. The zero-order chi connectivity index (χ0) is 17.1. The van der Waals surface area contributed by atoms with Gasteiger partial charge in [0.05, 0.1) is 18.5 Å². The fraction of sp³-hybridized carbons (Fsp3) is 0.118. The third-order valence-corrected chi connectivity index (χ3v) is 3.55. The number of nitrogens with one attached hydrogen (secondary N) is 1. The number of ether oxygens (including phenoxy) is 1. The largest absolute Gasteiger partial charge is 0.495 e. The van der Waals surface area contributed by atoms with E-state index in [1.165, 1.54) is 11.8 Å². The summed E-state index contributed by atoms with van der Waals surface area (Å²) >= 11 is 0. The highest BCUT2D eigenvalue weighted by molar-refractivity contribution is 6.06. The van der Waals surface area contributed by atoms with Crippen LogP contribution < -0.4 is 15.8 Å². The molecule has 0 unspecified atom stereocenters. The minimum Gasteiger partial charge on any atom is -0.495 e. The fourth-order valence-corrected chi connectivity index (χ4v) is 2.26. The van der Waals surface area contributed by atoms with Gasteiger partial charge in [-0.25, -0.2) is 0 Å². The third kappa shape index (κ3) is 2.91. The summed E-state index contributed by atoms with van der Waals surface area (Å²) in [6.07, 6.45) is 0. The Balaban J connectivity index is 1.87. The van der Waals surface area contributed by atoms with Crippen LogP contribution in [0.3, 0.4) is 0 Å². The van der Waals surface area contributed by atoms with Crippen LogP contribution in [0, 0.1) is 6.92 Å². The monoisotopic (exact) mass is 323 g/mol. The van der Waals surface area contributed by atoms with Crippen molar-refractivity contribution in [2.45, 2.75) is 6.92 Å². The molecule has 0 spiro atoms. The van der Waals surface area contributed by atoms with E-state index in [1.807, 2.05) is 37.3 Å². The minimum atomic E-state index is -0.449. The second-order valence-electron chi connectivity index (χ2n) is 5.23. The number of nitrogen functional groups attached to an aromatic ring is 1. The van der Waals surface area contributed by atoms with Gasteiger partial charge in [0, 0.05) is 0 Å². The van der Waals surface area contributed by atoms with Crippen molar-refractivity contribution in [3.05, 3.63) is 59.8 Å². The maximum Gasteiger partial charge on any atom is 0.280 e. The fourth-order valence-electron chi connectivity index (χ4n) is 2.26. The summed E-state index contributed by atoms with van der Waals surface area (Å²) in [6.45, 7) is 1.99. The summed E-state index contributed by atoms with van der Waals surface area (Å²) in [5.41, 5.74) is 8.49. The molecular formula is C17H17N5O2. The predicted octanol–water partition coefficient (Wildman–Crippen LogP) is 2.42. The van der Waals surface area contributed by atoms with Crippen LogP contribution >= 0.6 is 0 Å². The number of aryl methyl sites for hydroxylation is 1. The molecule has 0 fully saturated rings. The summed E-state index contributed by atoms with van der Waals surface area (Å²) in [4.78, 5) is 12.4. The minimum absolute atomic E-state index is 0.0569. The van der Waals surface area contributed by atoms with Crippen molar-refractivity contribution in [1.29, 1.82) is 0 Å². The average Bonchev–Trinajstić information content (AvgIpc) is 2.98. The first kappa shape index (κ1) is 15.5. The van der Waals surface area contributed by atoms with Crippen molar-refractivity contribution in [3.63, 3.8) is 0 Å². The molecule has 3 rings (SSSR count). The Hall–Kier alpha value is -3.35. The van der Waals surface area contributed by atoms with Gasteiger partial charge in [0.15, 0.2) is 11.5 Å². The van der Waals surface area contributed by atoms with Crippen LogP contribution in [0.15, 0.2) is 48.5 Å². The zero-order valence-electron chi connectivity index (χ0n) is 13.4. The van der Waals surface area contributed by atoms with E-state index in [-0.39, 0.29) is 11.5 Å². The molecule has 3 aromatic rings. The summed E-state index contributed by atoms with van der Waals surface area (Å²) in [5, 5.41) is 10.6. The van der Waals surface area contributed by atoms with Gasteiger partial charge in [-0.05, 0) is 31.2 Å². The molecule has 7 heteroatoms. The van der Waals surface area contributed by atoms with E-state index in [4.69, 9.17) is 10.5 Å². The molecule has 24 heavy (non-hydrogen) atoms. The number of rotatable bonds is 4. The van der Waals surface area contributed by atoms with Crippen molar-refractivity contribution in [1.82, 2.24) is 15.0 Å². The lowest BCUT2D eigenvalue weighted by Crippen LogP contribution is -2.15. The van der Waals surface area contributed by atoms with Gasteiger partial charge in [0.2, 0.25) is 0 Å². The maximum absolute atomic E-state index is 12.4. The first-order chi connectivity index (χ1) is 11.6. The van der Waals surface area contributed by atoms with Gasteiger partial charge >= 0.3 is 0 Å². The second kappa shape index (κ2) is 6.41. The van der Waals surface area contributed by atoms with Crippen LogP contribution in [0.1, 0.15) is 16.1 Å². The Morgan fingerprint density at radius 1 is 1.17 bits per heavy atom. The molecule has 122 valence electrons. The van der Waals surface area contributed by atoms with Crippen LogP contribution in [0.4, 0.5) is 11.5 Å². The molecule has 0 aliphatic heterocycles. The molecule has 1 aromatic heterocycles. The molecule has 7 nitrogen and oxygen atoms in total. The average molecular weight is 323 g/mol. The Labute approximate surface area is 139 Å². The van der Waals surface area contributed by atoms with Crippen molar-refractivity contribution in [2.75, 3.05) is 18.2 Å². The highest BCUT2D eigenvalue weighted by Gasteiger charge is 2.19. The molecule has 2 aromatic carbocycles. The van der Waals surface area contributed by atoms with Gasteiger partial charge < -0.3 is 15.8 Å². The van der Waals surface area contributed by atoms with Crippen LogP contribution in [0.2, 0.25) is 0 Å². The zero-order valence-corrected chi connectivity index (χ0v) is 13.4. The number of para-hydroxylation sites is 2. The normalized spacial score (nSPS) is 10.4. The van der Waals surface area contributed by atoms with E-state index < -0.39 is 5.91 Å². The van der Waals surface area contributed by atoms with Crippen LogP contribution in [-0.2, 0) is 0 Å². The van der Waals surface area contributed by atoms with Gasteiger partial charge in [-0.15, -0.1) is 5.10 Å². The third-order valence-electron chi connectivity index (χ3n) is 3.55. The van der Waals surface area contributed by atoms with Crippen LogP contribution in [0.25, 0.3) is 5.69 Å². The Kier molecular flexibility index (Phi) is 4.15. The molecule has 1 amide bonds. The first-order valence-electron chi connectivity index (χ1n) is 7.32. The van der Waals surface area contributed by atoms with Crippen molar-refractivity contribution in [3.8, 4) is 11.4 Å². The Morgan fingerprint density at radius 2 is 1.88 bits per heavy atom. The quantitative estimate of drug-likeness (QED) is 0.769. The first-order valence-corrected chi connectivity index (χ1v) is 7.32. The molecule has 0 aliphatic carbocycles. The van der Waals surface area contributed by atoms with Crippen LogP contribution in [-0.4, -0.2) is 28.0 Å². The summed E-state index contributed by atoms with van der Waals surface area (Å²) < 4.78 is 6.64. The lowest BCUT2D eigenvalue weighted by Gasteiger charge is -2.09. The molecule has 0 saturated heterocycles. The van der Waals surface area contributed by atoms with Gasteiger partial charge in [-0.3, -0.25) is 4.79 Å². The Morgan fingerprint density at radius 3 is 2.58 bits per heavy atom. The molecule has 1 heterocycles. The lowest BCUT2D eigenvalue weighted by molar-refractivity contribution is 0.102. The molecule has 0 atom stereocenters. The van der Waals surface area contributed by atoms with E-state index in [2.05, 4.69) is 15.6 Å². The molecule has 0 saturated carbocycles. The van der Waals surface area contributed by atoms with E-state index in [1.54, 1.807) is 18.2 Å². The highest BCUT2D eigenvalue weighted by Crippen LogP contribution is 2.24. The van der Waals surface area contributed by atoms with Gasteiger partial charge in [0.25, 0.3) is 5.91 Å². The van der Waals surface area contributed by atoms with Crippen molar-refractivity contribution >= 4 is 17.4 Å². The maximum atomic E-state index is 12.4. The number of benzene rings is 2. The lowest BCUT2D eigenvalue weighted by atomic mass is 10.2. The number of nitrogens with zero attached hydrogens (tertiary/aromatic N) is 3. The van der Waals surface area contributed by atoms with Gasteiger partial charge in [-0.1, -0.05) is 35.0 Å². The standard InChI is InChI=1S/C17H17N5O2/c1-11-7-9-12(10-8-11)22-16(18)15(20-21-22)17(23)19-13-5-3-4-6-14(13)24-2/h3-10H,18H2,1-2H3,(H,19,23). The van der Waals surface area contributed by atoms with E-state index in [0.717, 1.165) is 11.3 Å². The number of nitrogens with two attached hydrogens (primary N) is 1. The van der Waals surface area contributed by atoms with Gasteiger partial charge in [-0.2, -0.15) is 4.68 Å². The molecule has 3 N–H and O–H groups in total. The number of methoxy groups -OCH3 is 1. The Bertz CT molecular complexity index is 871. The predicted molar refractivity (Wildman–Crippen MR) is 91.5 cm³/mol. The second-order valence-corrected chi connectivity index (χ2v) is 5.23. The van der Waals surface area contributed by atoms with Gasteiger partial charge in [0.1, 0.15) is 5.75 Å². The van der Waals surface area contributed by atoms with Crippen molar-refractivity contribution < 1.29 is 9.53 Å². The summed E-state index contributed by atoms with van der Waals surface area (Å²) in [5.74, 6) is 0.275. The highest BCUT2D eigenvalue weighted by atomic mass is 16.5. The smallest absolute Gasteiger partial charge is 0.280 e. The number of hydrogen-bond acceptors (Lipinski definition) is 5. The summed E-state index contributed by atoms with van der Waals surface area (Å²) in [6, 6.07) is 14.7. The number of amides is 1. The topological polar surface area (TPSA) is 95.1 Å². The number of anilines is 2. The molecular weight excluding hydrogens is 306 g/mol. The summed E-state index contributed by atoms with van der Waals surface area (Å²) in [7, 11) is 1.53. The van der Waals surface area contributed by atoms with E-state index in [9.17, 15) is 4.79 Å². The molecule has 0 aliphatic rings. The van der Waals surface area contributed by atoms with E-state index in [0.29, 0.717) is 11.4 Å². The van der Waals surface area contributed by atoms with E-state index >= 15 is 0 Å². The number of aromatic nitrogens is 3. The SMILES string of the molecule is COc1ccccc1NC(=O)c1nnn(-c2ccc(C)cc2)c1N. The van der Waals surface area contributed by atoms with Crippen molar-refractivity contribution in [2.24, 2.45) is 0 Å². The van der Waals surface area contributed by atoms with Crippen LogP contribution in [0.5, 0.6) is 5.75 Å². The number of carbonyl (C=O) groups excluding carboxylic acids is 1. The molecule has 0 bridgehead atoms. The number of hydrogen-bond donors (Lipinski definition) is 2.